The maximum atomic E-state index is 11.2. The number of rotatable bonds is 5. The number of carbonyl (C=O) groups excluding carboxylic acids is 1. The minimum absolute atomic E-state index is 0.317. The van der Waals surface area contributed by atoms with Gasteiger partial charge in [-0.05, 0) is 26.2 Å². The molecule has 1 N–H and O–H groups in total. The Morgan fingerprint density at radius 2 is 2.31 bits per heavy atom. The first-order valence-electron chi connectivity index (χ1n) is 5.06. The largest absolute Gasteiger partial charge is 0.464 e. The van der Waals surface area contributed by atoms with Crippen LogP contribution < -0.4 is 5.32 Å². The highest BCUT2D eigenvalue weighted by Gasteiger charge is 2.06. The van der Waals surface area contributed by atoms with E-state index in [0.29, 0.717) is 5.69 Å². The number of methoxy groups -OCH3 is 1. The van der Waals surface area contributed by atoms with Gasteiger partial charge in [0.2, 0.25) is 0 Å². The number of nitrogens with zero attached hydrogens (tertiary/aromatic N) is 2. The third-order valence-corrected chi connectivity index (χ3v) is 2.04. The lowest BCUT2D eigenvalue weighted by atomic mass is 10.3. The zero-order chi connectivity index (χ0) is 12.0. The van der Waals surface area contributed by atoms with Crippen molar-refractivity contribution in [3.63, 3.8) is 0 Å². The summed E-state index contributed by atoms with van der Waals surface area (Å²) in [7, 11) is 5.36. The van der Waals surface area contributed by atoms with Gasteiger partial charge < -0.3 is 15.0 Å². The zero-order valence-corrected chi connectivity index (χ0v) is 9.86. The fourth-order valence-electron chi connectivity index (χ4n) is 1.18. The number of pyridine rings is 1. The highest BCUT2D eigenvalue weighted by molar-refractivity contribution is 5.88. The maximum Gasteiger partial charge on any atom is 0.356 e. The molecule has 1 aromatic rings. The summed E-state index contributed by atoms with van der Waals surface area (Å²) in [5, 5.41) is 3.21. The Morgan fingerprint density at radius 1 is 1.56 bits per heavy atom. The van der Waals surface area contributed by atoms with Gasteiger partial charge in [-0.1, -0.05) is 0 Å². The van der Waals surface area contributed by atoms with Crippen LogP contribution in [0.1, 0.15) is 10.5 Å². The number of carbonyl (C=O) groups is 1. The van der Waals surface area contributed by atoms with E-state index in [1.165, 1.54) is 7.11 Å². The molecule has 5 nitrogen and oxygen atoms in total. The molecular weight excluding hydrogens is 206 g/mol. The van der Waals surface area contributed by atoms with Gasteiger partial charge in [-0.15, -0.1) is 0 Å². The van der Waals surface area contributed by atoms with Gasteiger partial charge in [-0.25, -0.2) is 9.78 Å². The third kappa shape index (κ3) is 3.86. The van der Waals surface area contributed by atoms with E-state index in [-0.39, 0.29) is 0 Å². The summed E-state index contributed by atoms with van der Waals surface area (Å²) in [4.78, 5) is 17.2. The lowest BCUT2D eigenvalue weighted by molar-refractivity contribution is 0.0594. The van der Waals surface area contributed by atoms with Gasteiger partial charge in [0, 0.05) is 25.0 Å². The quantitative estimate of drug-likeness (QED) is 0.750. The Hall–Kier alpha value is -1.62. The van der Waals surface area contributed by atoms with E-state index < -0.39 is 5.97 Å². The van der Waals surface area contributed by atoms with E-state index in [1.807, 2.05) is 20.2 Å². The normalized spacial score (nSPS) is 10.2. The Morgan fingerprint density at radius 3 is 2.94 bits per heavy atom. The van der Waals surface area contributed by atoms with Crippen LogP contribution in [0.25, 0.3) is 0 Å². The van der Waals surface area contributed by atoms with Gasteiger partial charge in [-0.3, -0.25) is 0 Å². The number of anilines is 1. The number of ether oxygens (including phenoxy) is 1. The molecule has 0 spiro atoms. The van der Waals surface area contributed by atoms with Gasteiger partial charge in [0.05, 0.1) is 7.11 Å². The fourth-order valence-corrected chi connectivity index (χ4v) is 1.18. The lowest BCUT2D eigenvalue weighted by Crippen LogP contribution is -2.20. The SMILES string of the molecule is COC(=O)c1cc(NCCN(C)C)ccn1. The van der Waals surface area contributed by atoms with Crippen molar-refractivity contribution in [2.24, 2.45) is 0 Å². The van der Waals surface area contributed by atoms with Crippen LogP contribution in [-0.4, -0.2) is 50.1 Å². The molecule has 0 aliphatic rings. The number of nitrogens with one attached hydrogen (secondary N) is 1. The van der Waals surface area contributed by atoms with Crippen molar-refractivity contribution < 1.29 is 9.53 Å². The highest BCUT2D eigenvalue weighted by atomic mass is 16.5. The third-order valence-electron chi connectivity index (χ3n) is 2.04. The molecule has 5 heteroatoms. The van der Waals surface area contributed by atoms with E-state index in [4.69, 9.17) is 0 Å². The average Bonchev–Trinajstić information content (AvgIpc) is 2.28. The van der Waals surface area contributed by atoms with Crippen molar-refractivity contribution >= 4 is 11.7 Å². The minimum Gasteiger partial charge on any atom is -0.464 e. The Labute approximate surface area is 95.4 Å². The summed E-state index contributed by atoms with van der Waals surface area (Å²) in [6.07, 6.45) is 1.59. The first kappa shape index (κ1) is 12.4. The summed E-state index contributed by atoms with van der Waals surface area (Å²) < 4.78 is 4.60. The average molecular weight is 223 g/mol. The second-order valence-electron chi connectivity index (χ2n) is 3.65. The van der Waals surface area contributed by atoms with E-state index in [9.17, 15) is 4.79 Å². The molecule has 1 rings (SSSR count). The summed E-state index contributed by atoms with van der Waals surface area (Å²) in [5.74, 6) is -0.420. The van der Waals surface area contributed by atoms with Crippen LogP contribution in [0, 0.1) is 0 Å². The molecule has 16 heavy (non-hydrogen) atoms. The predicted octanol–water partition coefficient (Wildman–Crippen LogP) is 0.842. The maximum absolute atomic E-state index is 11.2. The van der Waals surface area contributed by atoms with E-state index in [1.54, 1.807) is 12.3 Å². The summed E-state index contributed by atoms with van der Waals surface area (Å²) in [6, 6.07) is 3.50. The number of hydrogen-bond donors (Lipinski definition) is 1. The molecule has 0 bridgehead atoms. The van der Waals surface area contributed by atoms with Crippen LogP contribution in [-0.2, 0) is 4.74 Å². The molecule has 0 fully saturated rings. The standard InChI is InChI=1S/C11H17N3O2/c1-14(2)7-6-12-9-4-5-13-10(8-9)11(15)16-3/h4-5,8H,6-7H2,1-3H3,(H,12,13). The van der Waals surface area contributed by atoms with Gasteiger partial charge in [0.15, 0.2) is 0 Å². The minimum atomic E-state index is -0.420. The van der Waals surface area contributed by atoms with Crippen LogP contribution in [0.2, 0.25) is 0 Å². The van der Waals surface area contributed by atoms with Crippen molar-refractivity contribution in [1.29, 1.82) is 0 Å². The van der Waals surface area contributed by atoms with Gasteiger partial charge >= 0.3 is 5.97 Å². The highest BCUT2D eigenvalue weighted by Crippen LogP contribution is 2.08. The van der Waals surface area contributed by atoms with E-state index >= 15 is 0 Å². The molecule has 0 radical (unpaired) electrons. The Bertz CT molecular complexity index is 353. The van der Waals surface area contributed by atoms with Gasteiger partial charge in [0.1, 0.15) is 5.69 Å². The number of esters is 1. The number of aromatic nitrogens is 1. The molecule has 0 unspecified atom stereocenters. The molecular formula is C11H17N3O2. The zero-order valence-electron chi connectivity index (χ0n) is 9.86. The smallest absolute Gasteiger partial charge is 0.356 e. The molecule has 0 amide bonds. The van der Waals surface area contributed by atoms with Crippen molar-refractivity contribution in [3.05, 3.63) is 24.0 Å². The van der Waals surface area contributed by atoms with Gasteiger partial charge in [-0.2, -0.15) is 0 Å². The molecule has 0 saturated carbocycles. The Kier molecular flexibility index (Phi) is 4.72. The van der Waals surface area contributed by atoms with Crippen LogP contribution in [0.15, 0.2) is 18.3 Å². The van der Waals surface area contributed by atoms with Crippen molar-refractivity contribution in [2.75, 3.05) is 39.6 Å². The molecule has 88 valence electrons. The first-order chi connectivity index (χ1) is 7.63. The molecule has 1 aromatic heterocycles. The van der Waals surface area contributed by atoms with Crippen molar-refractivity contribution in [3.8, 4) is 0 Å². The van der Waals surface area contributed by atoms with E-state index in [0.717, 1.165) is 18.8 Å². The fraction of sp³-hybridized carbons (Fsp3) is 0.455. The second-order valence-corrected chi connectivity index (χ2v) is 3.65. The van der Waals surface area contributed by atoms with Crippen LogP contribution in [0.3, 0.4) is 0 Å². The van der Waals surface area contributed by atoms with Crippen molar-refractivity contribution in [2.45, 2.75) is 0 Å². The molecule has 0 aliphatic heterocycles. The van der Waals surface area contributed by atoms with Crippen LogP contribution >= 0.6 is 0 Å². The summed E-state index contributed by atoms with van der Waals surface area (Å²) in [6.45, 7) is 1.74. The topological polar surface area (TPSA) is 54.5 Å². The summed E-state index contributed by atoms with van der Waals surface area (Å²) >= 11 is 0. The molecule has 0 saturated heterocycles. The monoisotopic (exact) mass is 223 g/mol. The first-order valence-corrected chi connectivity index (χ1v) is 5.06. The lowest BCUT2D eigenvalue weighted by Gasteiger charge is -2.11. The van der Waals surface area contributed by atoms with Crippen LogP contribution in [0.5, 0.6) is 0 Å². The van der Waals surface area contributed by atoms with Crippen molar-refractivity contribution in [1.82, 2.24) is 9.88 Å². The molecule has 0 atom stereocenters. The predicted molar refractivity (Wildman–Crippen MR) is 62.6 cm³/mol. The summed E-state index contributed by atoms with van der Waals surface area (Å²) in [5.41, 5.74) is 1.19. The molecule has 1 heterocycles. The van der Waals surface area contributed by atoms with Gasteiger partial charge in [0.25, 0.3) is 0 Å². The molecule has 0 aliphatic carbocycles. The van der Waals surface area contributed by atoms with Crippen LogP contribution in [0.4, 0.5) is 5.69 Å². The van der Waals surface area contributed by atoms with E-state index in [2.05, 4.69) is 19.9 Å². The Balaban J connectivity index is 2.57. The number of hydrogen-bond acceptors (Lipinski definition) is 5. The number of likely N-dealkylation sites (N-methyl/N-ethyl adjacent to an activating group) is 1. The molecule has 0 aromatic carbocycles. The second kappa shape index (κ2) is 6.07.